The molecule has 0 atom stereocenters. The summed E-state index contributed by atoms with van der Waals surface area (Å²) in [6.45, 7) is 9.91. The summed E-state index contributed by atoms with van der Waals surface area (Å²) in [5.74, 6) is 0.986. The molecule has 4 aromatic rings. The zero-order valence-corrected chi connectivity index (χ0v) is 24.7. The van der Waals surface area contributed by atoms with Crippen molar-refractivity contribution in [1.82, 2.24) is 29.3 Å². The molecule has 0 spiro atoms. The number of nitrogens with zero attached hydrogens (tertiary/aromatic N) is 8. The fourth-order valence-electron chi connectivity index (χ4n) is 5.32. The summed E-state index contributed by atoms with van der Waals surface area (Å²) >= 11 is 0. The monoisotopic (exact) mass is 562 g/mol. The molecule has 0 aromatic carbocycles. The maximum Gasteiger partial charge on any atom is 0.130 e. The highest BCUT2D eigenvalue weighted by molar-refractivity contribution is 5.87. The Morgan fingerprint density at radius 3 is 2.40 bits per heavy atom. The van der Waals surface area contributed by atoms with Gasteiger partial charge in [-0.15, -0.1) is 0 Å². The van der Waals surface area contributed by atoms with Gasteiger partial charge in [-0.2, -0.15) is 15.5 Å². The van der Waals surface area contributed by atoms with E-state index in [1.165, 1.54) is 0 Å². The van der Waals surface area contributed by atoms with Crippen molar-refractivity contribution in [1.29, 1.82) is 5.26 Å². The molecular formula is C33H38N8O. The Kier molecular flexibility index (Phi) is 8.64. The number of pyridine rings is 2. The second-order valence-corrected chi connectivity index (χ2v) is 11.1. The van der Waals surface area contributed by atoms with Crippen LogP contribution in [0, 0.1) is 16.7 Å². The Labute approximate surface area is 247 Å². The van der Waals surface area contributed by atoms with Crippen molar-refractivity contribution in [3.63, 3.8) is 0 Å². The average Bonchev–Trinajstić information content (AvgIpc) is 3.50. The number of rotatable bonds is 8. The lowest BCUT2D eigenvalue weighted by Crippen LogP contribution is -2.44. The predicted molar refractivity (Wildman–Crippen MR) is 166 cm³/mol. The Morgan fingerprint density at radius 1 is 1.05 bits per heavy atom. The first-order valence-corrected chi connectivity index (χ1v) is 14.5. The molecule has 0 unspecified atom stereocenters. The Bertz CT molecular complexity index is 1630. The van der Waals surface area contributed by atoms with E-state index in [-0.39, 0.29) is 5.41 Å². The van der Waals surface area contributed by atoms with Crippen LogP contribution < -0.4 is 4.90 Å². The number of carbonyl (C=O) groups is 1. The van der Waals surface area contributed by atoms with Gasteiger partial charge in [0.1, 0.15) is 18.2 Å². The largest absolute Gasteiger partial charge is 0.354 e. The number of anilines is 1. The number of aryl methyl sites for hydroxylation is 1. The molecule has 9 heteroatoms. The number of fused-ring (bicyclic) bond motifs is 1. The first kappa shape index (κ1) is 29.0. The fraction of sp³-hybridized carbons (Fsp3) is 0.364. The summed E-state index contributed by atoms with van der Waals surface area (Å²) in [4.78, 5) is 20.1. The molecule has 9 nitrogen and oxygen atoms in total. The van der Waals surface area contributed by atoms with E-state index in [2.05, 4.69) is 70.9 Å². The number of unbranched alkanes of at least 4 members (excludes halogenated alkanes) is 1. The molecule has 216 valence electrons. The maximum absolute atomic E-state index is 10.8. The van der Waals surface area contributed by atoms with Crippen LogP contribution in [0.15, 0.2) is 73.5 Å². The van der Waals surface area contributed by atoms with Gasteiger partial charge in [0.25, 0.3) is 0 Å². The van der Waals surface area contributed by atoms with Gasteiger partial charge < -0.3 is 14.6 Å². The molecule has 1 saturated heterocycles. The van der Waals surface area contributed by atoms with Crippen molar-refractivity contribution >= 4 is 17.6 Å². The molecule has 2 fully saturated rings. The molecule has 42 heavy (non-hydrogen) atoms. The number of piperazine rings is 1. The lowest BCUT2D eigenvalue weighted by atomic mass is 9.96. The second kappa shape index (κ2) is 12.5. The number of allylic oxidation sites excluding steroid dienone is 3. The molecule has 0 amide bonds. The molecule has 6 rings (SSSR count). The van der Waals surface area contributed by atoms with Gasteiger partial charge in [0.2, 0.25) is 0 Å². The standard InChI is InChI=1S/C22H22N8.C11H16O/c1-27-5-7-29(8-6-27)21-4-3-16(11-24-21)20-9-17(19-13-25-28(2)14-19)15-30-22(20)18(10-23)12-26-30;1-3-5-6-10(4-2)11(9-12)7-8-11/h3-4,9,11-15H,5-8H2,1-2H3;4,6,9H,2-3,5,7-8H2,1H3/b;10-6+. The third-order valence-electron chi connectivity index (χ3n) is 8.12. The van der Waals surface area contributed by atoms with Crippen molar-refractivity contribution in [2.24, 2.45) is 12.5 Å². The molecule has 1 saturated carbocycles. The minimum absolute atomic E-state index is 0.128. The van der Waals surface area contributed by atoms with Crippen LogP contribution in [-0.4, -0.2) is 68.8 Å². The lowest BCUT2D eigenvalue weighted by molar-refractivity contribution is -0.111. The van der Waals surface area contributed by atoms with Crippen LogP contribution >= 0.6 is 0 Å². The summed E-state index contributed by atoms with van der Waals surface area (Å²) < 4.78 is 3.54. The fourth-order valence-corrected chi connectivity index (χ4v) is 5.32. The average molecular weight is 563 g/mol. The molecule has 0 radical (unpaired) electrons. The van der Waals surface area contributed by atoms with E-state index in [1.807, 2.05) is 37.9 Å². The normalized spacial score (nSPS) is 16.4. The van der Waals surface area contributed by atoms with Crippen LogP contribution in [0.3, 0.4) is 0 Å². The topological polar surface area (TPSA) is 95.4 Å². The zero-order chi connectivity index (χ0) is 29.7. The minimum atomic E-state index is -0.128. The Balaban J connectivity index is 0.000000248. The number of hydrogen-bond donors (Lipinski definition) is 0. The first-order valence-electron chi connectivity index (χ1n) is 14.5. The van der Waals surface area contributed by atoms with E-state index in [0.717, 1.165) is 97.3 Å². The third-order valence-corrected chi connectivity index (χ3v) is 8.12. The van der Waals surface area contributed by atoms with Crippen molar-refractivity contribution in [2.45, 2.75) is 32.6 Å². The Morgan fingerprint density at radius 2 is 1.83 bits per heavy atom. The predicted octanol–water partition coefficient (Wildman–Crippen LogP) is 5.30. The molecule has 0 N–H and O–H groups in total. The smallest absolute Gasteiger partial charge is 0.130 e. The summed E-state index contributed by atoms with van der Waals surface area (Å²) in [5.41, 5.74) is 6.22. The van der Waals surface area contributed by atoms with Crippen molar-refractivity contribution in [2.75, 3.05) is 38.1 Å². The molecule has 1 aliphatic heterocycles. The van der Waals surface area contributed by atoms with Crippen molar-refractivity contribution in [3.05, 3.63) is 79.1 Å². The van der Waals surface area contributed by atoms with Gasteiger partial charge in [0.05, 0.1) is 28.9 Å². The molecule has 5 heterocycles. The van der Waals surface area contributed by atoms with Crippen LogP contribution in [0.4, 0.5) is 5.82 Å². The summed E-state index contributed by atoms with van der Waals surface area (Å²) in [5, 5.41) is 18.3. The van der Waals surface area contributed by atoms with Gasteiger partial charge in [0.15, 0.2) is 0 Å². The van der Waals surface area contributed by atoms with Gasteiger partial charge >= 0.3 is 0 Å². The SMILES string of the molecule is C=C/C(=C\CCC)C1(C=O)CC1.CN1CCN(c2ccc(-c3cc(-c4cnn(C)c4)cn4ncc(C#N)c34)cn2)CC1. The number of aromatic nitrogens is 5. The van der Waals surface area contributed by atoms with Gasteiger partial charge in [-0.25, -0.2) is 9.50 Å². The van der Waals surface area contributed by atoms with Gasteiger partial charge in [-0.05, 0) is 50.1 Å². The summed E-state index contributed by atoms with van der Waals surface area (Å²) in [6.07, 6.45) is 18.5. The van der Waals surface area contributed by atoms with Crippen LogP contribution in [0.2, 0.25) is 0 Å². The number of hydrogen-bond acceptors (Lipinski definition) is 7. The van der Waals surface area contributed by atoms with E-state index in [0.29, 0.717) is 5.56 Å². The number of carbonyl (C=O) groups excluding carboxylic acids is 1. The highest BCUT2D eigenvalue weighted by Gasteiger charge is 2.44. The van der Waals surface area contributed by atoms with Gasteiger partial charge in [-0.3, -0.25) is 4.68 Å². The van der Waals surface area contributed by atoms with E-state index in [9.17, 15) is 10.1 Å². The molecule has 4 aromatic heterocycles. The molecule has 0 bridgehead atoms. The number of likely N-dealkylation sites (N-methyl/N-ethyl adjacent to an activating group) is 1. The van der Waals surface area contributed by atoms with Crippen LogP contribution in [0.5, 0.6) is 0 Å². The second-order valence-electron chi connectivity index (χ2n) is 11.1. The number of nitriles is 1. The summed E-state index contributed by atoms with van der Waals surface area (Å²) in [6, 6.07) is 8.49. The summed E-state index contributed by atoms with van der Waals surface area (Å²) in [7, 11) is 4.04. The van der Waals surface area contributed by atoms with E-state index in [4.69, 9.17) is 4.98 Å². The maximum atomic E-state index is 10.8. The molecule has 2 aliphatic rings. The highest BCUT2D eigenvalue weighted by atomic mass is 16.1. The zero-order valence-electron chi connectivity index (χ0n) is 24.7. The van der Waals surface area contributed by atoms with E-state index in [1.54, 1.807) is 15.4 Å². The molecule has 1 aliphatic carbocycles. The minimum Gasteiger partial charge on any atom is -0.354 e. The quantitative estimate of drug-likeness (QED) is 0.212. The first-order chi connectivity index (χ1) is 20.4. The van der Waals surface area contributed by atoms with Crippen LogP contribution in [-0.2, 0) is 11.8 Å². The van der Waals surface area contributed by atoms with Crippen LogP contribution in [0.25, 0.3) is 27.8 Å². The van der Waals surface area contributed by atoms with Crippen molar-refractivity contribution in [3.8, 4) is 28.3 Å². The van der Waals surface area contributed by atoms with Gasteiger partial charge in [0, 0.05) is 74.1 Å². The highest BCUT2D eigenvalue weighted by Crippen LogP contribution is 2.50. The van der Waals surface area contributed by atoms with Crippen molar-refractivity contribution < 1.29 is 4.79 Å². The molecular weight excluding hydrogens is 524 g/mol. The lowest BCUT2D eigenvalue weighted by Gasteiger charge is -2.33. The van der Waals surface area contributed by atoms with Gasteiger partial charge in [-0.1, -0.05) is 32.1 Å². The number of aldehydes is 1. The third kappa shape index (κ3) is 6.04. The van der Waals surface area contributed by atoms with Crippen LogP contribution in [0.1, 0.15) is 38.2 Å². The Hall–Kier alpha value is -4.55. The van der Waals surface area contributed by atoms with E-state index >= 15 is 0 Å². The van der Waals surface area contributed by atoms with E-state index < -0.39 is 0 Å².